The van der Waals surface area contributed by atoms with Crippen LogP contribution in [0.4, 0.5) is 11.4 Å². The van der Waals surface area contributed by atoms with Gasteiger partial charge in [-0.15, -0.1) is 0 Å². The molecule has 1 amide bonds. The monoisotopic (exact) mass is 323 g/mol. The number of anilines is 1. The van der Waals surface area contributed by atoms with E-state index in [1.807, 2.05) is 4.90 Å². The molecule has 1 atom stereocenters. The summed E-state index contributed by atoms with van der Waals surface area (Å²) in [6, 6.07) is 4.06. The summed E-state index contributed by atoms with van der Waals surface area (Å²) in [4.78, 5) is 35.4. The Kier molecular flexibility index (Phi) is 5.12. The van der Waals surface area contributed by atoms with Gasteiger partial charge in [0.2, 0.25) is 0 Å². The Morgan fingerprint density at radius 2 is 2.04 bits per heavy atom. The minimum atomic E-state index is -1.11. The maximum Gasteiger partial charge on any atom is 0.339 e. The van der Waals surface area contributed by atoms with Gasteiger partial charge in [0.05, 0.1) is 23.7 Å². The van der Waals surface area contributed by atoms with Crippen molar-refractivity contribution in [2.45, 2.75) is 13.0 Å². The van der Waals surface area contributed by atoms with Gasteiger partial charge < -0.3 is 20.1 Å². The molecule has 0 bridgehead atoms. The zero-order chi connectivity index (χ0) is 17.0. The van der Waals surface area contributed by atoms with Crippen molar-refractivity contribution in [2.75, 3.05) is 31.2 Å². The van der Waals surface area contributed by atoms with Crippen LogP contribution in [0.15, 0.2) is 18.2 Å². The molecule has 124 valence electrons. The molecule has 1 heterocycles. The number of amides is 1. The molecule has 1 aromatic carbocycles. The lowest BCUT2D eigenvalue weighted by atomic mass is 10.1. The van der Waals surface area contributed by atoms with Crippen LogP contribution < -0.4 is 10.6 Å². The van der Waals surface area contributed by atoms with E-state index in [1.165, 1.54) is 19.1 Å². The van der Waals surface area contributed by atoms with Crippen LogP contribution in [0.1, 0.15) is 17.3 Å². The first-order chi connectivity index (χ1) is 10.9. The third-order valence-electron chi connectivity index (χ3n) is 3.44. The second-order valence-corrected chi connectivity index (χ2v) is 5.01. The number of rotatable bonds is 5. The normalized spacial score (nSPS) is 15.8. The van der Waals surface area contributed by atoms with Crippen LogP contribution in [0.3, 0.4) is 0 Å². The van der Waals surface area contributed by atoms with Gasteiger partial charge in [-0.2, -0.15) is 0 Å². The maximum absolute atomic E-state index is 11.9. The molecule has 23 heavy (non-hydrogen) atoms. The molecule has 1 aliphatic rings. The average Bonchev–Trinajstić information content (AvgIpc) is 2.54. The Morgan fingerprint density at radius 1 is 1.39 bits per heavy atom. The number of hydrogen-bond acceptors (Lipinski definition) is 7. The van der Waals surface area contributed by atoms with Crippen molar-refractivity contribution in [1.29, 1.82) is 0 Å². The number of carbonyl (C=O) groups is 2. The molecule has 9 nitrogen and oxygen atoms in total. The number of carbonyl (C=O) groups excluding carboxylic acids is 2. The van der Waals surface area contributed by atoms with Crippen LogP contribution in [0, 0.1) is 10.1 Å². The lowest BCUT2D eigenvalue weighted by Crippen LogP contribution is -2.36. The Labute approximate surface area is 132 Å². The fraction of sp³-hybridized carbons (Fsp3) is 0.429. The molecule has 0 aromatic heterocycles. The lowest BCUT2D eigenvalue weighted by molar-refractivity contribution is -0.384. The minimum absolute atomic E-state index is 0.0122. The van der Waals surface area contributed by atoms with Crippen molar-refractivity contribution in [1.82, 2.24) is 0 Å². The van der Waals surface area contributed by atoms with Gasteiger partial charge in [0.1, 0.15) is 5.69 Å². The largest absolute Gasteiger partial charge is 0.449 e. The molecule has 2 N–H and O–H groups in total. The molecule has 1 saturated heterocycles. The van der Waals surface area contributed by atoms with E-state index < -0.39 is 22.9 Å². The second kappa shape index (κ2) is 7.05. The zero-order valence-electron chi connectivity index (χ0n) is 12.6. The number of esters is 1. The van der Waals surface area contributed by atoms with E-state index in [-0.39, 0.29) is 11.3 Å². The number of ether oxygens (including phenoxy) is 2. The summed E-state index contributed by atoms with van der Waals surface area (Å²) in [5.41, 5.74) is 5.22. The smallest absolute Gasteiger partial charge is 0.339 e. The standard InChI is InChI=1S/C14H17N3O6/c1-9(13(15)18)23-14(19)10-2-3-11(12(8-10)17(20)21)16-4-6-22-7-5-16/h2-3,8-9H,4-7H2,1H3,(H2,15,18)/t9-/m0/s1. The third-order valence-corrected chi connectivity index (χ3v) is 3.44. The average molecular weight is 323 g/mol. The van der Waals surface area contributed by atoms with E-state index >= 15 is 0 Å². The molecule has 0 unspecified atom stereocenters. The topological polar surface area (TPSA) is 125 Å². The summed E-state index contributed by atoms with van der Waals surface area (Å²) in [5, 5.41) is 11.3. The van der Waals surface area contributed by atoms with Gasteiger partial charge in [0.25, 0.3) is 11.6 Å². The highest BCUT2D eigenvalue weighted by molar-refractivity contribution is 5.93. The summed E-state index contributed by atoms with van der Waals surface area (Å²) in [6.07, 6.45) is -1.11. The molecule has 0 saturated carbocycles. The highest BCUT2D eigenvalue weighted by Gasteiger charge is 2.24. The number of nitrogens with zero attached hydrogens (tertiary/aromatic N) is 2. The predicted molar refractivity (Wildman–Crippen MR) is 80.2 cm³/mol. The third kappa shape index (κ3) is 3.95. The van der Waals surface area contributed by atoms with Crippen LogP contribution in [0.2, 0.25) is 0 Å². The zero-order valence-corrected chi connectivity index (χ0v) is 12.6. The number of morpholine rings is 1. The Bertz CT molecular complexity index is 627. The van der Waals surface area contributed by atoms with Crippen molar-refractivity contribution in [2.24, 2.45) is 5.73 Å². The van der Waals surface area contributed by atoms with Gasteiger partial charge in [-0.25, -0.2) is 4.79 Å². The Balaban J connectivity index is 2.26. The first kappa shape index (κ1) is 16.7. The molecular formula is C14H17N3O6. The van der Waals surface area contributed by atoms with E-state index in [9.17, 15) is 19.7 Å². The highest BCUT2D eigenvalue weighted by atomic mass is 16.6. The Hall–Kier alpha value is -2.68. The van der Waals surface area contributed by atoms with E-state index in [0.29, 0.717) is 32.0 Å². The summed E-state index contributed by atoms with van der Waals surface area (Å²) in [7, 11) is 0. The van der Waals surface area contributed by atoms with Crippen LogP contribution in [0.5, 0.6) is 0 Å². The predicted octanol–water partition coefficient (Wildman–Crippen LogP) is 0.462. The van der Waals surface area contributed by atoms with Gasteiger partial charge in [0.15, 0.2) is 6.10 Å². The fourth-order valence-electron chi connectivity index (χ4n) is 2.15. The summed E-state index contributed by atoms with van der Waals surface area (Å²) < 4.78 is 10.1. The molecule has 2 rings (SSSR count). The Morgan fingerprint density at radius 3 is 2.61 bits per heavy atom. The number of nitrogens with two attached hydrogens (primary N) is 1. The number of benzene rings is 1. The fourth-order valence-corrected chi connectivity index (χ4v) is 2.15. The van der Waals surface area contributed by atoms with E-state index in [1.54, 1.807) is 0 Å². The van der Waals surface area contributed by atoms with E-state index in [4.69, 9.17) is 15.2 Å². The number of hydrogen-bond donors (Lipinski definition) is 1. The van der Waals surface area contributed by atoms with Gasteiger partial charge >= 0.3 is 5.97 Å². The molecule has 0 aliphatic carbocycles. The van der Waals surface area contributed by atoms with Gasteiger partial charge in [-0.05, 0) is 19.1 Å². The van der Waals surface area contributed by atoms with E-state index in [2.05, 4.69) is 0 Å². The van der Waals surface area contributed by atoms with Crippen molar-refractivity contribution in [3.8, 4) is 0 Å². The van der Waals surface area contributed by atoms with E-state index in [0.717, 1.165) is 6.07 Å². The summed E-state index contributed by atoms with van der Waals surface area (Å²) in [5.74, 6) is -1.63. The van der Waals surface area contributed by atoms with Gasteiger partial charge in [-0.1, -0.05) is 0 Å². The molecular weight excluding hydrogens is 306 g/mol. The first-order valence-electron chi connectivity index (χ1n) is 7.01. The maximum atomic E-state index is 11.9. The minimum Gasteiger partial charge on any atom is -0.449 e. The van der Waals surface area contributed by atoms with Crippen molar-refractivity contribution in [3.63, 3.8) is 0 Å². The number of nitro benzene ring substituents is 1. The van der Waals surface area contributed by atoms with Crippen molar-refractivity contribution >= 4 is 23.3 Å². The number of primary amides is 1. The van der Waals surface area contributed by atoms with Crippen LogP contribution in [-0.4, -0.2) is 49.2 Å². The molecule has 9 heteroatoms. The molecule has 1 aromatic rings. The molecule has 1 aliphatic heterocycles. The van der Waals surface area contributed by atoms with Crippen molar-refractivity contribution < 1.29 is 24.0 Å². The molecule has 1 fully saturated rings. The summed E-state index contributed by atoms with van der Waals surface area (Å²) >= 11 is 0. The van der Waals surface area contributed by atoms with Crippen LogP contribution in [-0.2, 0) is 14.3 Å². The first-order valence-corrected chi connectivity index (χ1v) is 7.01. The lowest BCUT2D eigenvalue weighted by Gasteiger charge is -2.28. The second-order valence-electron chi connectivity index (χ2n) is 5.01. The van der Waals surface area contributed by atoms with Crippen LogP contribution in [0.25, 0.3) is 0 Å². The molecule has 0 spiro atoms. The van der Waals surface area contributed by atoms with Gasteiger partial charge in [0, 0.05) is 19.2 Å². The van der Waals surface area contributed by atoms with Crippen LogP contribution >= 0.6 is 0 Å². The SMILES string of the molecule is C[C@H](OC(=O)c1ccc(N2CCOCC2)c([N+](=O)[O-])c1)C(N)=O. The quantitative estimate of drug-likeness (QED) is 0.474. The number of nitro groups is 1. The highest BCUT2D eigenvalue weighted by Crippen LogP contribution is 2.30. The van der Waals surface area contributed by atoms with Crippen molar-refractivity contribution in [3.05, 3.63) is 33.9 Å². The molecule has 0 radical (unpaired) electrons. The summed E-state index contributed by atoms with van der Waals surface area (Å²) in [6.45, 7) is 3.36. The van der Waals surface area contributed by atoms with Gasteiger partial charge in [-0.3, -0.25) is 14.9 Å².